The summed E-state index contributed by atoms with van der Waals surface area (Å²) in [6.07, 6.45) is 0. The number of ether oxygens (including phenoxy) is 1. The van der Waals surface area contributed by atoms with Gasteiger partial charge in [-0.1, -0.05) is 30.3 Å². The number of hydrogen-bond acceptors (Lipinski definition) is 3. The van der Waals surface area contributed by atoms with Crippen LogP contribution >= 0.6 is 0 Å². The van der Waals surface area contributed by atoms with Crippen molar-refractivity contribution >= 4 is 11.0 Å². The van der Waals surface area contributed by atoms with Crippen molar-refractivity contribution in [2.45, 2.75) is 20.1 Å². The number of nitrogens with zero attached hydrogens (tertiary/aromatic N) is 2. The summed E-state index contributed by atoms with van der Waals surface area (Å²) >= 11 is 0. The fraction of sp³-hybridized carbons (Fsp3) is 0.235. The first-order chi connectivity index (χ1) is 10.2. The minimum atomic E-state index is -0.0513. The van der Waals surface area contributed by atoms with E-state index < -0.39 is 0 Å². The van der Waals surface area contributed by atoms with E-state index >= 15 is 0 Å². The molecule has 0 saturated heterocycles. The maximum Gasteiger partial charge on any atom is 0.127 e. The maximum absolute atomic E-state index is 9.56. The molecule has 4 heteroatoms. The van der Waals surface area contributed by atoms with E-state index in [0.717, 1.165) is 28.0 Å². The third-order valence-corrected chi connectivity index (χ3v) is 3.69. The van der Waals surface area contributed by atoms with Crippen molar-refractivity contribution in [3.63, 3.8) is 0 Å². The zero-order chi connectivity index (χ0) is 14.8. The highest BCUT2D eigenvalue weighted by molar-refractivity contribution is 5.79. The molecule has 1 N–H and O–H groups in total. The van der Waals surface area contributed by atoms with Crippen molar-refractivity contribution in [2.75, 3.05) is 0 Å². The molecule has 2 aromatic carbocycles. The highest BCUT2D eigenvalue weighted by Crippen LogP contribution is 2.27. The molecule has 0 saturated carbocycles. The van der Waals surface area contributed by atoms with Gasteiger partial charge in [-0.3, -0.25) is 0 Å². The second-order valence-corrected chi connectivity index (χ2v) is 5.10. The van der Waals surface area contributed by atoms with Crippen molar-refractivity contribution in [3.05, 3.63) is 59.4 Å². The van der Waals surface area contributed by atoms with Crippen molar-refractivity contribution in [1.82, 2.24) is 9.55 Å². The molecule has 108 valence electrons. The number of aryl methyl sites for hydroxylation is 2. The van der Waals surface area contributed by atoms with Crippen molar-refractivity contribution in [1.29, 1.82) is 0 Å². The Morgan fingerprint density at radius 2 is 1.95 bits per heavy atom. The first-order valence-corrected chi connectivity index (χ1v) is 6.92. The molecule has 0 aliphatic carbocycles. The van der Waals surface area contributed by atoms with E-state index in [4.69, 9.17) is 4.74 Å². The van der Waals surface area contributed by atoms with Gasteiger partial charge in [0.25, 0.3) is 0 Å². The average Bonchev–Trinajstić information content (AvgIpc) is 2.79. The Hall–Kier alpha value is -2.33. The molecule has 3 aromatic rings. The Labute approximate surface area is 123 Å². The van der Waals surface area contributed by atoms with Crippen LogP contribution in [0.1, 0.15) is 17.0 Å². The molecule has 21 heavy (non-hydrogen) atoms. The molecule has 0 unspecified atom stereocenters. The molecule has 0 bridgehead atoms. The van der Waals surface area contributed by atoms with E-state index in [-0.39, 0.29) is 6.61 Å². The molecular formula is C17H18N2O2. The number of aliphatic hydroxyl groups excluding tert-OH is 1. The Morgan fingerprint density at radius 1 is 1.19 bits per heavy atom. The summed E-state index contributed by atoms with van der Waals surface area (Å²) in [7, 11) is 1.97. The lowest BCUT2D eigenvalue weighted by Crippen LogP contribution is -1.99. The standard InChI is InChI=1S/C17H18N2O2/c1-12-18-15-9-17(14(10-20)8-16(15)19(12)2)21-11-13-6-4-3-5-7-13/h3-9,20H,10-11H2,1-2H3. The number of benzene rings is 2. The molecule has 0 fully saturated rings. The lowest BCUT2D eigenvalue weighted by Gasteiger charge is -2.11. The van der Waals surface area contributed by atoms with Crippen LogP contribution < -0.4 is 4.74 Å². The van der Waals surface area contributed by atoms with Crippen LogP contribution in [0.25, 0.3) is 11.0 Å². The number of aliphatic hydroxyl groups is 1. The minimum Gasteiger partial charge on any atom is -0.488 e. The summed E-state index contributed by atoms with van der Waals surface area (Å²) < 4.78 is 7.87. The predicted octanol–water partition coefficient (Wildman–Crippen LogP) is 2.95. The highest BCUT2D eigenvalue weighted by atomic mass is 16.5. The molecule has 0 spiro atoms. The van der Waals surface area contributed by atoms with Gasteiger partial charge in [-0.25, -0.2) is 4.98 Å². The summed E-state index contributed by atoms with van der Waals surface area (Å²) in [4.78, 5) is 4.51. The van der Waals surface area contributed by atoms with Crippen LogP contribution in [-0.2, 0) is 20.3 Å². The van der Waals surface area contributed by atoms with E-state index in [2.05, 4.69) is 4.98 Å². The van der Waals surface area contributed by atoms with Crippen LogP contribution in [0.5, 0.6) is 5.75 Å². The number of rotatable bonds is 4. The van der Waals surface area contributed by atoms with Crippen molar-refractivity contribution in [3.8, 4) is 5.75 Å². The topological polar surface area (TPSA) is 47.3 Å². The van der Waals surface area contributed by atoms with E-state index in [0.29, 0.717) is 12.4 Å². The van der Waals surface area contributed by atoms with Crippen LogP contribution in [0.15, 0.2) is 42.5 Å². The molecule has 1 aromatic heterocycles. The Kier molecular flexibility index (Phi) is 3.62. The van der Waals surface area contributed by atoms with Crippen LogP contribution in [0.3, 0.4) is 0 Å². The smallest absolute Gasteiger partial charge is 0.127 e. The van der Waals surface area contributed by atoms with E-state index in [1.165, 1.54) is 0 Å². The van der Waals surface area contributed by atoms with E-state index in [9.17, 15) is 5.11 Å². The minimum absolute atomic E-state index is 0.0513. The van der Waals surface area contributed by atoms with E-state index in [1.54, 1.807) is 0 Å². The fourth-order valence-electron chi connectivity index (χ4n) is 2.38. The van der Waals surface area contributed by atoms with Crippen LogP contribution in [0.4, 0.5) is 0 Å². The van der Waals surface area contributed by atoms with Gasteiger partial charge >= 0.3 is 0 Å². The van der Waals surface area contributed by atoms with Gasteiger partial charge in [-0.15, -0.1) is 0 Å². The van der Waals surface area contributed by atoms with E-state index in [1.807, 2.05) is 61.0 Å². The van der Waals surface area contributed by atoms with Gasteiger partial charge < -0.3 is 14.4 Å². The second kappa shape index (κ2) is 5.58. The quantitative estimate of drug-likeness (QED) is 0.800. The van der Waals surface area contributed by atoms with Gasteiger partial charge in [0.15, 0.2) is 0 Å². The molecule has 0 radical (unpaired) electrons. The largest absolute Gasteiger partial charge is 0.488 e. The van der Waals surface area contributed by atoms with Gasteiger partial charge in [-0.2, -0.15) is 0 Å². The zero-order valence-corrected chi connectivity index (χ0v) is 12.2. The van der Waals surface area contributed by atoms with Crippen molar-refractivity contribution < 1.29 is 9.84 Å². The summed E-state index contributed by atoms with van der Waals surface area (Å²) in [5.74, 6) is 1.63. The van der Waals surface area contributed by atoms with Crippen molar-refractivity contribution in [2.24, 2.45) is 7.05 Å². The molecule has 4 nitrogen and oxygen atoms in total. The Bertz CT molecular complexity index is 763. The fourth-order valence-corrected chi connectivity index (χ4v) is 2.38. The second-order valence-electron chi connectivity index (χ2n) is 5.10. The number of hydrogen-bond donors (Lipinski definition) is 1. The number of imidazole rings is 1. The van der Waals surface area contributed by atoms with Gasteiger partial charge in [0.05, 0.1) is 17.6 Å². The van der Waals surface area contributed by atoms with Gasteiger partial charge in [0, 0.05) is 18.7 Å². The number of aromatic nitrogens is 2. The van der Waals surface area contributed by atoms with Gasteiger partial charge in [-0.05, 0) is 18.6 Å². The number of fused-ring (bicyclic) bond motifs is 1. The summed E-state index contributed by atoms with van der Waals surface area (Å²) in [5, 5.41) is 9.56. The Balaban J connectivity index is 1.93. The lowest BCUT2D eigenvalue weighted by atomic mass is 10.2. The van der Waals surface area contributed by atoms with Crippen LogP contribution in [0.2, 0.25) is 0 Å². The third kappa shape index (κ3) is 2.62. The van der Waals surface area contributed by atoms with Crippen LogP contribution in [0, 0.1) is 6.92 Å². The maximum atomic E-state index is 9.56. The summed E-state index contributed by atoms with van der Waals surface area (Å²) in [6.45, 7) is 2.39. The average molecular weight is 282 g/mol. The molecule has 0 aliphatic heterocycles. The summed E-state index contributed by atoms with van der Waals surface area (Å²) in [6, 6.07) is 13.8. The lowest BCUT2D eigenvalue weighted by molar-refractivity contribution is 0.259. The zero-order valence-electron chi connectivity index (χ0n) is 12.2. The first kappa shape index (κ1) is 13.6. The van der Waals surface area contributed by atoms with Gasteiger partial charge in [0.1, 0.15) is 18.2 Å². The molecule has 0 amide bonds. The molecule has 0 aliphatic rings. The SMILES string of the molecule is Cc1nc2cc(OCc3ccccc3)c(CO)cc2n1C. The first-order valence-electron chi connectivity index (χ1n) is 6.92. The molecule has 1 heterocycles. The summed E-state index contributed by atoms with van der Waals surface area (Å²) in [5.41, 5.74) is 3.76. The van der Waals surface area contributed by atoms with Crippen LogP contribution in [-0.4, -0.2) is 14.7 Å². The Morgan fingerprint density at radius 3 is 2.67 bits per heavy atom. The normalized spacial score (nSPS) is 11.0. The molecule has 0 atom stereocenters. The third-order valence-electron chi connectivity index (χ3n) is 3.69. The molecular weight excluding hydrogens is 264 g/mol. The molecule has 3 rings (SSSR count). The van der Waals surface area contributed by atoms with Gasteiger partial charge in [0.2, 0.25) is 0 Å². The predicted molar refractivity (Wildman–Crippen MR) is 82.1 cm³/mol. The monoisotopic (exact) mass is 282 g/mol. The highest BCUT2D eigenvalue weighted by Gasteiger charge is 2.11.